The normalized spacial score (nSPS) is 20.2. The molecule has 0 aromatic rings. The van der Waals surface area contributed by atoms with Crippen LogP contribution in [0.25, 0.3) is 0 Å². The highest BCUT2D eigenvalue weighted by atomic mass is 127. The lowest BCUT2D eigenvalue weighted by atomic mass is 10.2. The molecule has 0 bridgehead atoms. The summed E-state index contributed by atoms with van der Waals surface area (Å²) in [5.74, 6) is 0.873. The van der Waals surface area contributed by atoms with Gasteiger partial charge in [-0.2, -0.15) is 0 Å². The number of aliphatic imine (C=N–C) groups is 1. The molecular formula is C13H29IN4O. The molecule has 1 saturated heterocycles. The number of nitrogens with zero attached hydrogens (tertiary/aromatic N) is 2. The smallest absolute Gasteiger partial charge is 0.191 e. The molecule has 1 unspecified atom stereocenters. The van der Waals surface area contributed by atoms with Crippen LogP contribution in [0.2, 0.25) is 0 Å². The number of ether oxygens (including phenoxy) is 1. The van der Waals surface area contributed by atoms with Gasteiger partial charge in [-0.15, -0.1) is 24.0 Å². The maximum absolute atomic E-state index is 5.29. The average molecular weight is 384 g/mol. The highest BCUT2D eigenvalue weighted by Gasteiger charge is 2.22. The topological polar surface area (TPSA) is 48.9 Å². The Kier molecular flexibility index (Phi) is 11.7. The highest BCUT2D eigenvalue weighted by molar-refractivity contribution is 14.0. The lowest BCUT2D eigenvalue weighted by Crippen LogP contribution is -2.45. The largest absolute Gasteiger partial charge is 0.380 e. The summed E-state index contributed by atoms with van der Waals surface area (Å²) < 4.78 is 5.29. The average Bonchev–Trinajstić information content (AvgIpc) is 2.85. The quantitative estimate of drug-likeness (QED) is 0.301. The van der Waals surface area contributed by atoms with E-state index in [4.69, 9.17) is 4.74 Å². The summed E-state index contributed by atoms with van der Waals surface area (Å²) in [4.78, 5) is 6.75. The number of hydrogen-bond acceptors (Lipinski definition) is 3. The highest BCUT2D eigenvalue weighted by Crippen LogP contribution is 2.15. The Bertz CT molecular complexity index is 251. The number of rotatable bonds is 7. The van der Waals surface area contributed by atoms with E-state index < -0.39 is 0 Å². The maximum Gasteiger partial charge on any atom is 0.191 e. The van der Waals surface area contributed by atoms with Crippen LogP contribution in [0.4, 0.5) is 0 Å². The van der Waals surface area contributed by atoms with Gasteiger partial charge in [0.15, 0.2) is 5.96 Å². The predicted octanol–water partition coefficient (Wildman–Crippen LogP) is 1.29. The third kappa shape index (κ3) is 7.31. The second-order valence-electron chi connectivity index (χ2n) is 4.50. The fourth-order valence-corrected chi connectivity index (χ4v) is 2.36. The Morgan fingerprint density at radius 2 is 2.16 bits per heavy atom. The predicted molar refractivity (Wildman–Crippen MR) is 91.5 cm³/mol. The van der Waals surface area contributed by atoms with Gasteiger partial charge < -0.3 is 15.4 Å². The van der Waals surface area contributed by atoms with Crippen LogP contribution in [-0.2, 0) is 4.74 Å². The minimum atomic E-state index is 0. The van der Waals surface area contributed by atoms with Crippen LogP contribution in [0.3, 0.4) is 0 Å². The summed E-state index contributed by atoms with van der Waals surface area (Å²) in [5.41, 5.74) is 0. The van der Waals surface area contributed by atoms with Gasteiger partial charge in [-0.1, -0.05) is 6.92 Å². The fourth-order valence-electron chi connectivity index (χ4n) is 2.36. The van der Waals surface area contributed by atoms with Crippen LogP contribution >= 0.6 is 24.0 Å². The van der Waals surface area contributed by atoms with E-state index in [0.717, 1.165) is 38.8 Å². The molecule has 114 valence electrons. The maximum atomic E-state index is 5.29. The summed E-state index contributed by atoms with van der Waals surface area (Å²) in [6.45, 7) is 9.88. The standard InChI is InChI=1S/C13H28N4O.HI/c1-4-17-9-6-7-12(17)11-16-13(14-3)15-8-10-18-5-2;/h12H,4-11H2,1-3H3,(H2,14,15,16);1H. The van der Waals surface area contributed by atoms with Crippen molar-refractivity contribution < 1.29 is 4.74 Å². The summed E-state index contributed by atoms with van der Waals surface area (Å²) in [6.07, 6.45) is 2.60. The molecular weight excluding hydrogens is 355 g/mol. The Morgan fingerprint density at radius 3 is 2.79 bits per heavy atom. The minimum absolute atomic E-state index is 0. The first kappa shape index (κ1) is 18.9. The molecule has 0 amide bonds. The second kappa shape index (κ2) is 11.7. The van der Waals surface area contributed by atoms with Gasteiger partial charge >= 0.3 is 0 Å². The first-order valence-corrected chi connectivity index (χ1v) is 7.08. The van der Waals surface area contributed by atoms with E-state index in [1.54, 1.807) is 0 Å². The molecule has 6 heteroatoms. The lowest BCUT2D eigenvalue weighted by Gasteiger charge is -2.23. The molecule has 0 aromatic carbocycles. The van der Waals surface area contributed by atoms with Crippen LogP contribution < -0.4 is 10.6 Å². The summed E-state index contributed by atoms with van der Waals surface area (Å²) in [7, 11) is 1.81. The molecule has 1 aliphatic heterocycles. The van der Waals surface area contributed by atoms with Gasteiger partial charge in [0, 0.05) is 32.8 Å². The molecule has 1 fully saturated rings. The Balaban J connectivity index is 0.00000324. The van der Waals surface area contributed by atoms with Crippen molar-refractivity contribution in [2.24, 2.45) is 4.99 Å². The van der Waals surface area contributed by atoms with E-state index in [0.29, 0.717) is 6.04 Å². The number of guanidine groups is 1. The third-order valence-corrected chi connectivity index (χ3v) is 3.38. The molecule has 2 N–H and O–H groups in total. The van der Waals surface area contributed by atoms with E-state index in [-0.39, 0.29) is 24.0 Å². The van der Waals surface area contributed by atoms with E-state index in [9.17, 15) is 0 Å². The summed E-state index contributed by atoms with van der Waals surface area (Å²) in [6, 6.07) is 0.653. The zero-order valence-corrected chi connectivity index (χ0v) is 14.8. The Hall–Kier alpha value is -0.0800. The van der Waals surface area contributed by atoms with E-state index in [1.165, 1.54) is 19.4 Å². The molecule has 0 spiro atoms. The van der Waals surface area contributed by atoms with Crippen molar-refractivity contribution in [2.45, 2.75) is 32.7 Å². The van der Waals surface area contributed by atoms with Crippen molar-refractivity contribution >= 4 is 29.9 Å². The minimum Gasteiger partial charge on any atom is -0.380 e. The zero-order valence-electron chi connectivity index (χ0n) is 12.4. The van der Waals surface area contributed by atoms with Crippen molar-refractivity contribution in [3.8, 4) is 0 Å². The van der Waals surface area contributed by atoms with Gasteiger partial charge in [0.05, 0.1) is 6.61 Å². The van der Waals surface area contributed by atoms with Gasteiger partial charge in [0.1, 0.15) is 0 Å². The lowest BCUT2D eigenvalue weighted by molar-refractivity contribution is 0.152. The fraction of sp³-hybridized carbons (Fsp3) is 0.923. The molecule has 1 aliphatic rings. The van der Waals surface area contributed by atoms with Crippen molar-refractivity contribution in [3.05, 3.63) is 0 Å². The third-order valence-electron chi connectivity index (χ3n) is 3.38. The van der Waals surface area contributed by atoms with Crippen molar-refractivity contribution in [1.29, 1.82) is 0 Å². The van der Waals surface area contributed by atoms with Crippen LogP contribution in [0.15, 0.2) is 4.99 Å². The number of likely N-dealkylation sites (N-methyl/N-ethyl adjacent to an activating group) is 1. The van der Waals surface area contributed by atoms with E-state index in [2.05, 4.69) is 27.4 Å². The molecule has 0 radical (unpaired) electrons. The summed E-state index contributed by atoms with van der Waals surface area (Å²) in [5, 5.41) is 6.65. The van der Waals surface area contributed by atoms with Crippen LogP contribution in [0.1, 0.15) is 26.7 Å². The molecule has 0 aromatic heterocycles. The van der Waals surface area contributed by atoms with Gasteiger partial charge in [-0.25, -0.2) is 0 Å². The van der Waals surface area contributed by atoms with Gasteiger partial charge in [-0.05, 0) is 32.9 Å². The number of likely N-dealkylation sites (tertiary alicyclic amines) is 1. The van der Waals surface area contributed by atoms with Crippen molar-refractivity contribution in [3.63, 3.8) is 0 Å². The number of hydrogen-bond donors (Lipinski definition) is 2. The Morgan fingerprint density at radius 1 is 1.37 bits per heavy atom. The van der Waals surface area contributed by atoms with E-state index >= 15 is 0 Å². The van der Waals surface area contributed by atoms with Crippen LogP contribution in [-0.4, -0.2) is 63.3 Å². The second-order valence-corrected chi connectivity index (χ2v) is 4.50. The monoisotopic (exact) mass is 384 g/mol. The van der Waals surface area contributed by atoms with E-state index in [1.807, 2.05) is 14.0 Å². The molecule has 0 aliphatic carbocycles. The van der Waals surface area contributed by atoms with Crippen LogP contribution in [0, 0.1) is 0 Å². The SMILES string of the molecule is CCOCCNC(=NC)NCC1CCCN1CC.I. The molecule has 1 heterocycles. The van der Waals surface area contributed by atoms with Crippen molar-refractivity contribution in [1.82, 2.24) is 15.5 Å². The molecule has 5 nitrogen and oxygen atoms in total. The van der Waals surface area contributed by atoms with Gasteiger partial charge in [-0.3, -0.25) is 9.89 Å². The molecule has 1 rings (SSSR count). The number of nitrogens with one attached hydrogen (secondary N) is 2. The molecule has 19 heavy (non-hydrogen) atoms. The Labute approximate surface area is 134 Å². The first-order chi connectivity index (χ1) is 8.81. The molecule has 0 saturated carbocycles. The zero-order chi connectivity index (χ0) is 13.2. The first-order valence-electron chi connectivity index (χ1n) is 7.08. The molecule has 1 atom stereocenters. The van der Waals surface area contributed by atoms with Crippen molar-refractivity contribution in [2.75, 3.05) is 46.4 Å². The van der Waals surface area contributed by atoms with Gasteiger partial charge in [0.25, 0.3) is 0 Å². The van der Waals surface area contributed by atoms with Gasteiger partial charge in [0.2, 0.25) is 0 Å². The van der Waals surface area contributed by atoms with Crippen LogP contribution in [0.5, 0.6) is 0 Å². The number of halogens is 1. The summed E-state index contributed by atoms with van der Waals surface area (Å²) >= 11 is 0.